The number of para-hydroxylation sites is 1. The van der Waals surface area contributed by atoms with Crippen molar-refractivity contribution >= 4 is 49.9 Å². The van der Waals surface area contributed by atoms with Gasteiger partial charge in [-0.3, -0.25) is 4.90 Å². The van der Waals surface area contributed by atoms with Crippen LogP contribution >= 0.6 is 23.2 Å². The summed E-state index contributed by atoms with van der Waals surface area (Å²) in [7, 11) is 0.493. The fraction of sp³-hybridized carbons (Fsp3) is 0.417. The molecule has 8 nitrogen and oxygen atoms in total. The Kier molecular flexibility index (Phi) is 8.46. The number of anilines is 1. The van der Waals surface area contributed by atoms with Crippen molar-refractivity contribution in [3.8, 4) is 0 Å². The van der Waals surface area contributed by atoms with E-state index >= 15 is 0 Å². The molecule has 0 amide bonds. The van der Waals surface area contributed by atoms with Crippen LogP contribution in [0.3, 0.4) is 0 Å². The van der Waals surface area contributed by atoms with Gasteiger partial charge in [0.15, 0.2) is 0 Å². The van der Waals surface area contributed by atoms with Gasteiger partial charge in [-0.05, 0) is 57.4 Å². The minimum absolute atomic E-state index is 0.156. The van der Waals surface area contributed by atoms with Crippen molar-refractivity contribution in [2.75, 3.05) is 58.7 Å². The molecule has 0 saturated carbocycles. The van der Waals surface area contributed by atoms with E-state index < -0.39 is 10.0 Å². The van der Waals surface area contributed by atoms with E-state index in [0.29, 0.717) is 37.7 Å². The lowest BCUT2D eigenvalue weighted by molar-refractivity contribution is 0.178. The summed E-state index contributed by atoms with van der Waals surface area (Å²) in [6.45, 7) is 4.31. The van der Waals surface area contributed by atoms with E-state index in [9.17, 15) is 8.42 Å². The van der Waals surface area contributed by atoms with Crippen molar-refractivity contribution < 1.29 is 8.42 Å². The molecule has 2 aromatic carbocycles. The van der Waals surface area contributed by atoms with Crippen LogP contribution in [0, 0.1) is 0 Å². The number of hydrogen-bond donors (Lipinski definition) is 1. The summed E-state index contributed by atoms with van der Waals surface area (Å²) >= 11 is 12.0. The SMILES string of the molecule is CN(C)CCCNc1nc(CN2CCN(S(=O)(=O)c3ccc(Cl)c(Cl)c3)CC2)nc2ccccc12. The van der Waals surface area contributed by atoms with Gasteiger partial charge in [-0.1, -0.05) is 35.3 Å². The third kappa shape index (κ3) is 6.41. The van der Waals surface area contributed by atoms with Gasteiger partial charge in [-0.2, -0.15) is 4.31 Å². The maximum atomic E-state index is 13.0. The Morgan fingerprint density at radius 3 is 2.46 bits per heavy atom. The van der Waals surface area contributed by atoms with Gasteiger partial charge in [0.2, 0.25) is 10.0 Å². The van der Waals surface area contributed by atoms with Gasteiger partial charge in [-0.15, -0.1) is 0 Å². The van der Waals surface area contributed by atoms with Gasteiger partial charge in [0.25, 0.3) is 0 Å². The number of halogens is 2. The van der Waals surface area contributed by atoms with Gasteiger partial charge in [0.1, 0.15) is 11.6 Å². The van der Waals surface area contributed by atoms with E-state index in [1.165, 1.54) is 22.5 Å². The largest absolute Gasteiger partial charge is 0.369 e. The molecule has 1 fully saturated rings. The molecule has 35 heavy (non-hydrogen) atoms. The summed E-state index contributed by atoms with van der Waals surface area (Å²) in [6.07, 6.45) is 1.01. The molecule has 188 valence electrons. The first-order chi connectivity index (χ1) is 16.7. The number of benzene rings is 2. The average Bonchev–Trinajstić information content (AvgIpc) is 2.83. The predicted octanol–water partition coefficient (Wildman–Crippen LogP) is 3.81. The van der Waals surface area contributed by atoms with E-state index in [2.05, 4.69) is 29.2 Å². The highest BCUT2D eigenvalue weighted by Crippen LogP contribution is 2.27. The average molecular weight is 538 g/mol. The number of aromatic nitrogens is 2. The Morgan fingerprint density at radius 2 is 1.74 bits per heavy atom. The zero-order valence-electron chi connectivity index (χ0n) is 19.9. The van der Waals surface area contributed by atoms with E-state index in [4.69, 9.17) is 33.2 Å². The minimum atomic E-state index is -3.63. The summed E-state index contributed by atoms with van der Waals surface area (Å²) in [4.78, 5) is 14.1. The molecule has 1 aliphatic rings. The number of fused-ring (bicyclic) bond motifs is 1. The first kappa shape index (κ1) is 26.1. The molecule has 0 unspecified atom stereocenters. The third-order valence-electron chi connectivity index (χ3n) is 5.95. The number of nitrogens with zero attached hydrogens (tertiary/aromatic N) is 5. The number of piperazine rings is 1. The molecule has 11 heteroatoms. The minimum Gasteiger partial charge on any atom is -0.369 e. The third-order valence-corrected chi connectivity index (χ3v) is 8.58. The second-order valence-corrected chi connectivity index (χ2v) is 11.6. The van der Waals surface area contributed by atoms with Gasteiger partial charge in [0, 0.05) is 38.1 Å². The lowest BCUT2D eigenvalue weighted by Crippen LogP contribution is -2.48. The Hall–Kier alpha value is -2.01. The van der Waals surface area contributed by atoms with Crippen molar-refractivity contribution in [3.63, 3.8) is 0 Å². The Morgan fingerprint density at radius 1 is 1.00 bits per heavy atom. The molecule has 3 aromatic rings. The van der Waals surface area contributed by atoms with E-state index in [-0.39, 0.29) is 9.92 Å². The van der Waals surface area contributed by atoms with Crippen molar-refractivity contribution in [3.05, 3.63) is 58.3 Å². The van der Waals surface area contributed by atoms with E-state index in [1.54, 1.807) is 0 Å². The smallest absolute Gasteiger partial charge is 0.243 e. The summed E-state index contributed by atoms with van der Waals surface area (Å²) in [5.74, 6) is 1.56. The highest BCUT2D eigenvalue weighted by atomic mass is 35.5. The van der Waals surface area contributed by atoms with Crippen LogP contribution in [0.4, 0.5) is 5.82 Å². The molecular weight excluding hydrogens is 507 g/mol. The van der Waals surface area contributed by atoms with Crippen molar-refractivity contribution in [2.45, 2.75) is 17.9 Å². The maximum Gasteiger partial charge on any atom is 0.243 e. The molecule has 0 radical (unpaired) electrons. The molecule has 1 aromatic heterocycles. The van der Waals surface area contributed by atoms with Crippen molar-refractivity contribution in [1.82, 2.24) is 24.1 Å². The summed E-state index contributed by atoms with van der Waals surface area (Å²) in [5.41, 5.74) is 0.897. The summed E-state index contributed by atoms with van der Waals surface area (Å²) in [5, 5.41) is 5.03. The number of nitrogens with one attached hydrogen (secondary N) is 1. The second-order valence-electron chi connectivity index (χ2n) is 8.85. The van der Waals surface area contributed by atoms with Crippen LogP contribution in [0.5, 0.6) is 0 Å². The Bertz CT molecular complexity index is 1280. The van der Waals surface area contributed by atoms with Crippen LogP contribution in [0.1, 0.15) is 12.2 Å². The zero-order valence-corrected chi connectivity index (χ0v) is 22.2. The van der Waals surface area contributed by atoms with Crippen molar-refractivity contribution in [2.24, 2.45) is 0 Å². The summed E-state index contributed by atoms with van der Waals surface area (Å²) < 4.78 is 27.6. The first-order valence-electron chi connectivity index (χ1n) is 11.6. The molecule has 0 bridgehead atoms. The fourth-order valence-corrected chi connectivity index (χ4v) is 5.86. The molecule has 1 N–H and O–H groups in total. The fourth-order valence-electron chi connectivity index (χ4n) is 4.05. The highest BCUT2D eigenvalue weighted by molar-refractivity contribution is 7.89. The normalized spacial score (nSPS) is 15.7. The van der Waals surface area contributed by atoms with Gasteiger partial charge < -0.3 is 10.2 Å². The monoisotopic (exact) mass is 536 g/mol. The number of hydrogen-bond acceptors (Lipinski definition) is 7. The van der Waals surface area contributed by atoms with Crippen LogP contribution in [-0.2, 0) is 16.6 Å². The molecule has 0 spiro atoms. The van der Waals surface area contributed by atoms with Gasteiger partial charge in [0.05, 0.1) is 27.0 Å². The predicted molar refractivity (Wildman–Crippen MR) is 142 cm³/mol. The highest BCUT2D eigenvalue weighted by Gasteiger charge is 2.29. The topological polar surface area (TPSA) is 81.7 Å². The van der Waals surface area contributed by atoms with Crippen LogP contribution in [0.25, 0.3) is 10.9 Å². The number of rotatable bonds is 9. The molecule has 0 atom stereocenters. The lowest BCUT2D eigenvalue weighted by Gasteiger charge is -2.33. The summed E-state index contributed by atoms with van der Waals surface area (Å²) in [6, 6.07) is 12.4. The van der Waals surface area contributed by atoms with Crippen LogP contribution in [0.2, 0.25) is 10.0 Å². The Balaban J connectivity index is 1.42. The zero-order chi connectivity index (χ0) is 25.0. The van der Waals surface area contributed by atoms with E-state index in [1.807, 2.05) is 24.3 Å². The number of sulfonamides is 1. The Labute approximate surface area is 216 Å². The molecule has 4 rings (SSSR count). The molecule has 1 saturated heterocycles. The molecule has 0 aliphatic carbocycles. The van der Waals surface area contributed by atoms with Crippen molar-refractivity contribution in [1.29, 1.82) is 0 Å². The van der Waals surface area contributed by atoms with Crippen LogP contribution < -0.4 is 5.32 Å². The first-order valence-corrected chi connectivity index (χ1v) is 13.8. The molecule has 1 aliphatic heterocycles. The standard InChI is InChI=1S/C24H30Cl2N6O2S/c1-30(2)11-5-10-27-24-19-6-3-4-7-22(19)28-23(29-24)17-31-12-14-32(15-13-31)35(33,34)18-8-9-20(25)21(26)16-18/h3-4,6-9,16H,5,10-15,17H2,1-2H3,(H,27,28,29). The quantitative estimate of drug-likeness (QED) is 0.416. The second kappa shape index (κ2) is 11.4. The van der Waals surface area contributed by atoms with Crippen LogP contribution in [-0.4, -0.2) is 85.9 Å². The molecule has 2 heterocycles. The van der Waals surface area contributed by atoms with E-state index in [0.717, 1.165) is 42.1 Å². The lowest BCUT2D eigenvalue weighted by atomic mass is 10.2. The molecular formula is C24H30Cl2N6O2S. The van der Waals surface area contributed by atoms with Gasteiger partial charge in [-0.25, -0.2) is 18.4 Å². The van der Waals surface area contributed by atoms with Gasteiger partial charge >= 0.3 is 0 Å². The van der Waals surface area contributed by atoms with Crippen LogP contribution in [0.15, 0.2) is 47.4 Å². The maximum absolute atomic E-state index is 13.0.